The van der Waals surface area contributed by atoms with Gasteiger partial charge in [-0.05, 0) is 43.2 Å². The Balaban J connectivity index is 0.00000341. The molecule has 3 rings (SSSR count). The van der Waals surface area contributed by atoms with E-state index >= 15 is 0 Å². The number of hydrogen-bond donors (Lipinski definition) is 3. The number of rotatable bonds is 10. The first-order valence-corrected chi connectivity index (χ1v) is 10.0. The van der Waals surface area contributed by atoms with Crippen LogP contribution in [0.5, 0.6) is 5.88 Å². The molecule has 3 N–H and O–H groups in total. The third-order valence-corrected chi connectivity index (χ3v) is 4.54. The Morgan fingerprint density at radius 3 is 2.87 bits per heavy atom. The molecule has 0 atom stereocenters. The minimum Gasteiger partial charge on any atom is -0.475 e. The summed E-state index contributed by atoms with van der Waals surface area (Å²) in [6.45, 7) is 4.86. The van der Waals surface area contributed by atoms with Gasteiger partial charge in [0.1, 0.15) is 12.4 Å². The minimum absolute atomic E-state index is 0. The van der Waals surface area contributed by atoms with Gasteiger partial charge in [-0.25, -0.2) is 14.4 Å². The molecule has 0 unspecified atom stereocenters. The van der Waals surface area contributed by atoms with Gasteiger partial charge in [0.05, 0.1) is 13.2 Å². The Morgan fingerprint density at radius 2 is 2.06 bits per heavy atom. The van der Waals surface area contributed by atoms with Gasteiger partial charge in [0.25, 0.3) is 0 Å². The number of benzene rings is 1. The summed E-state index contributed by atoms with van der Waals surface area (Å²) in [5.41, 5.74) is 2.85. The first-order chi connectivity index (χ1) is 14.7. The number of aromatic amines is 1. The number of nitrogens with zero attached hydrogens (tertiary/aromatic N) is 2. The number of hydrogen-bond acceptors (Lipinski definition) is 4. The molecule has 0 radical (unpaired) electrons. The van der Waals surface area contributed by atoms with Gasteiger partial charge in [-0.15, -0.1) is 24.0 Å². The highest BCUT2D eigenvalue weighted by atomic mass is 127. The molecule has 1 aromatic carbocycles. The summed E-state index contributed by atoms with van der Waals surface area (Å²) in [7, 11) is 1.63. The fourth-order valence-corrected chi connectivity index (χ4v) is 3.08. The summed E-state index contributed by atoms with van der Waals surface area (Å²) < 4.78 is 24.0. The van der Waals surface area contributed by atoms with Crippen molar-refractivity contribution in [2.24, 2.45) is 4.99 Å². The van der Waals surface area contributed by atoms with E-state index in [1.165, 1.54) is 12.1 Å². The summed E-state index contributed by atoms with van der Waals surface area (Å²) in [4.78, 5) is 12.1. The molecule has 2 aromatic heterocycles. The molecule has 0 saturated carbocycles. The zero-order valence-corrected chi connectivity index (χ0v) is 20.1. The zero-order chi connectivity index (χ0) is 21.2. The molecular weight excluding hydrogens is 512 g/mol. The lowest BCUT2D eigenvalue weighted by Crippen LogP contribution is -2.38. The standard InChI is InChI=1S/C22H28FN5O2.HI/c1-3-24-22(28-15-17-5-4-9-25-21(17)30-12-11-29-2)26-10-8-16-14-27-20-13-18(23)6-7-19(16)20;/h4-7,9,13-14,27H,3,8,10-12,15H2,1-2H3,(H2,24,26,28);1H. The van der Waals surface area contributed by atoms with E-state index in [0.29, 0.717) is 32.2 Å². The first kappa shape index (κ1) is 24.9. The molecule has 2 heterocycles. The van der Waals surface area contributed by atoms with E-state index in [1.807, 2.05) is 31.3 Å². The number of pyridine rings is 1. The first-order valence-electron chi connectivity index (χ1n) is 10.0. The van der Waals surface area contributed by atoms with E-state index in [-0.39, 0.29) is 29.8 Å². The molecule has 3 aromatic rings. The molecule has 168 valence electrons. The lowest BCUT2D eigenvalue weighted by atomic mass is 10.1. The quantitative estimate of drug-likeness (QED) is 0.158. The van der Waals surface area contributed by atoms with Gasteiger partial charge in [0, 0.05) is 49.1 Å². The predicted octanol–water partition coefficient (Wildman–Crippen LogP) is 3.64. The third kappa shape index (κ3) is 7.35. The van der Waals surface area contributed by atoms with Crippen LogP contribution < -0.4 is 15.4 Å². The Bertz CT molecular complexity index is 979. The molecule has 0 saturated heterocycles. The molecule has 0 aliphatic carbocycles. The fourth-order valence-electron chi connectivity index (χ4n) is 3.08. The van der Waals surface area contributed by atoms with E-state index in [9.17, 15) is 4.39 Å². The van der Waals surface area contributed by atoms with Crippen molar-refractivity contribution in [2.75, 3.05) is 33.4 Å². The fraction of sp³-hybridized carbons (Fsp3) is 0.364. The average molecular weight is 541 g/mol. The molecule has 9 heteroatoms. The largest absolute Gasteiger partial charge is 0.475 e. The summed E-state index contributed by atoms with van der Waals surface area (Å²) in [5.74, 6) is 1.05. The van der Waals surface area contributed by atoms with Gasteiger partial charge in [0.15, 0.2) is 5.96 Å². The van der Waals surface area contributed by atoms with E-state index < -0.39 is 0 Å². The molecule has 7 nitrogen and oxygen atoms in total. The topological polar surface area (TPSA) is 83.6 Å². The van der Waals surface area contributed by atoms with E-state index in [4.69, 9.17) is 9.47 Å². The van der Waals surface area contributed by atoms with Crippen LogP contribution in [0, 0.1) is 5.82 Å². The SMILES string of the molecule is CCNC(=NCc1cccnc1OCCOC)NCCc1c[nH]c2cc(F)ccc12.I. The molecule has 0 amide bonds. The number of halogens is 2. The molecule has 31 heavy (non-hydrogen) atoms. The van der Waals surface area contributed by atoms with Gasteiger partial charge in [-0.1, -0.05) is 6.07 Å². The van der Waals surface area contributed by atoms with Crippen molar-refractivity contribution in [2.45, 2.75) is 19.9 Å². The average Bonchev–Trinajstić information content (AvgIpc) is 3.15. The number of nitrogens with one attached hydrogen (secondary N) is 3. The number of guanidine groups is 1. The van der Waals surface area contributed by atoms with Crippen LogP contribution in [0.4, 0.5) is 4.39 Å². The number of fused-ring (bicyclic) bond motifs is 1. The summed E-state index contributed by atoms with van der Waals surface area (Å²) in [6, 6.07) is 8.63. The van der Waals surface area contributed by atoms with Crippen molar-refractivity contribution in [1.82, 2.24) is 20.6 Å². The van der Waals surface area contributed by atoms with Crippen molar-refractivity contribution in [3.05, 3.63) is 59.7 Å². The van der Waals surface area contributed by atoms with Gasteiger partial charge >= 0.3 is 0 Å². The van der Waals surface area contributed by atoms with Crippen LogP contribution in [0.3, 0.4) is 0 Å². The Labute approximate surface area is 198 Å². The molecule has 0 spiro atoms. The molecule has 0 fully saturated rings. The Morgan fingerprint density at radius 1 is 1.19 bits per heavy atom. The van der Waals surface area contributed by atoms with Crippen LogP contribution in [-0.2, 0) is 17.7 Å². The number of H-pyrrole nitrogens is 1. The predicted molar refractivity (Wildman–Crippen MR) is 132 cm³/mol. The van der Waals surface area contributed by atoms with Gasteiger partial charge < -0.3 is 25.1 Å². The van der Waals surface area contributed by atoms with E-state index in [1.54, 1.807) is 13.3 Å². The normalized spacial score (nSPS) is 11.3. The minimum atomic E-state index is -0.239. The van der Waals surface area contributed by atoms with Gasteiger partial charge in [-0.3, -0.25) is 0 Å². The van der Waals surface area contributed by atoms with Crippen molar-refractivity contribution in [1.29, 1.82) is 0 Å². The Hall–Kier alpha value is -2.40. The molecule has 0 aliphatic heterocycles. The maximum absolute atomic E-state index is 13.4. The maximum Gasteiger partial charge on any atom is 0.218 e. The lowest BCUT2D eigenvalue weighted by Gasteiger charge is -2.12. The third-order valence-electron chi connectivity index (χ3n) is 4.54. The summed E-state index contributed by atoms with van der Waals surface area (Å²) in [5, 5.41) is 7.63. The molecule has 0 bridgehead atoms. The van der Waals surface area contributed by atoms with Crippen molar-refractivity contribution < 1.29 is 13.9 Å². The van der Waals surface area contributed by atoms with Crippen LogP contribution in [0.15, 0.2) is 47.7 Å². The number of methoxy groups -OCH3 is 1. The van der Waals surface area contributed by atoms with Crippen LogP contribution in [0.2, 0.25) is 0 Å². The van der Waals surface area contributed by atoms with Crippen LogP contribution in [0.1, 0.15) is 18.1 Å². The number of aliphatic imine (C=N–C) groups is 1. The zero-order valence-electron chi connectivity index (χ0n) is 17.8. The van der Waals surface area contributed by atoms with Crippen molar-refractivity contribution in [3.8, 4) is 5.88 Å². The monoisotopic (exact) mass is 541 g/mol. The maximum atomic E-state index is 13.4. The highest BCUT2D eigenvalue weighted by Gasteiger charge is 2.07. The van der Waals surface area contributed by atoms with Crippen LogP contribution >= 0.6 is 24.0 Å². The number of ether oxygens (including phenoxy) is 2. The van der Waals surface area contributed by atoms with Crippen molar-refractivity contribution >= 4 is 40.8 Å². The smallest absolute Gasteiger partial charge is 0.218 e. The van der Waals surface area contributed by atoms with Crippen LogP contribution in [0.25, 0.3) is 10.9 Å². The summed E-state index contributed by atoms with van der Waals surface area (Å²) in [6.07, 6.45) is 4.41. The van der Waals surface area contributed by atoms with Gasteiger partial charge in [0.2, 0.25) is 5.88 Å². The number of aromatic nitrogens is 2. The highest BCUT2D eigenvalue weighted by molar-refractivity contribution is 14.0. The second kappa shape index (κ2) is 13.1. The molecule has 0 aliphatic rings. The second-order valence-corrected chi connectivity index (χ2v) is 6.68. The Kier molecular flexibility index (Phi) is 10.5. The second-order valence-electron chi connectivity index (χ2n) is 6.68. The van der Waals surface area contributed by atoms with Gasteiger partial charge in [-0.2, -0.15) is 0 Å². The molecular formula is C22H29FIN5O2. The highest BCUT2D eigenvalue weighted by Crippen LogP contribution is 2.19. The van der Waals surface area contributed by atoms with E-state index in [2.05, 4.69) is 25.6 Å². The summed E-state index contributed by atoms with van der Waals surface area (Å²) >= 11 is 0. The van der Waals surface area contributed by atoms with Crippen LogP contribution in [-0.4, -0.2) is 49.3 Å². The van der Waals surface area contributed by atoms with E-state index in [0.717, 1.165) is 41.0 Å². The lowest BCUT2D eigenvalue weighted by molar-refractivity contribution is 0.143. The van der Waals surface area contributed by atoms with Crippen molar-refractivity contribution in [3.63, 3.8) is 0 Å².